The summed E-state index contributed by atoms with van der Waals surface area (Å²) in [6, 6.07) is 9.34. The number of fused-ring (bicyclic) bond motifs is 4. The molecule has 16 heteroatoms. The van der Waals surface area contributed by atoms with Crippen LogP contribution in [-0.4, -0.2) is 103 Å². The molecule has 6 rings (SSSR count). The van der Waals surface area contributed by atoms with Gasteiger partial charge in [-0.1, -0.05) is 19.9 Å². The predicted molar refractivity (Wildman–Crippen MR) is 228 cm³/mol. The molecule has 2 aromatic carbocycles. The highest BCUT2D eigenvalue weighted by Crippen LogP contribution is 2.50. The standard InChI is InChI=1S/C41H51N3O9S4/c1-40(2)30-24-26(56(47,48)49)8-12-34(30)43(19-6-22-54)36(40)16-10-28-32-14-15-33(42(32)5)29(39(28)53-21-18-38(45)46)11-17-37-41(3,4)31-25-27(57(50,51)52)9-13-35(31)44(37)20-7-23-55/h8-13,16-17,24-25,32-33H,6-7,14-15,18-23H2,1-5H3,(H4-,45,46,47,48,49,50,51,52,54,55)/p+1. The SMILES string of the molecule is CN1C2CCC1/C(=C\C=C1\N(CCCS)c3ccc(S(=O)(=O)O)cc3C1(C)C)C(OCCC(=O)O)=C2/C=C/C1=[N+](CCCS)c2ccc(S(=O)(=O)O)cc2C1(C)C. The molecule has 0 aromatic heterocycles. The molecule has 1 fully saturated rings. The number of carboxylic acids is 1. The molecule has 308 valence electrons. The number of hydrogen-bond acceptors (Lipinski definition) is 10. The van der Waals surface area contributed by atoms with E-state index in [0.29, 0.717) is 30.4 Å². The molecule has 0 amide bonds. The van der Waals surface area contributed by atoms with Crippen LogP contribution in [-0.2, 0) is 40.6 Å². The van der Waals surface area contributed by atoms with E-state index < -0.39 is 37.0 Å². The maximum absolute atomic E-state index is 12.2. The lowest BCUT2D eigenvalue weighted by Crippen LogP contribution is -2.40. The Morgan fingerprint density at radius 3 is 2.16 bits per heavy atom. The highest BCUT2D eigenvalue weighted by Gasteiger charge is 2.47. The van der Waals surface area contributed by atoms with E-state index in [0.717, 1.165) is 70.7 Å². The van der Waals surface area contributed by atoms with Gasteiger partial charge in [-0.05, 0) is 99.7 Å². The molecule has 1 saturated heterocycles. The zero-order valence-electron chi connectivity index (χ0n) is 32.8. The first-order valence-corrected chi connectivity index (χ1v) is 23.2. The number of likely N-dealkylation sites (N-methyl/N-ethyl adjacent to an activating group) is 1. The lowest BCUT2D eigenvalue weighted by atomic mass is 9.81. The average molecular weight is 859 g/mol. The molecular formula is C41H52N3O9S4+. The Labute approximate surface area is 347 Å². The predicted octanol–water partition coefficient (Wildman–Crippen LogP) is 6.58. The van der Waals surface area contributed by atoms with E-state index in [-0.39, 0.29) is 34.9 Å². The smallest absolute Gasteiger partial charge is 0.306 e. The fourth-order valence-corrected chi connectivity index (χ4v) is 10.1. The van der Waals surface area contributed by atoms with Crippen molar-refractivity contribution in [3.05, 3.63) is 94.4 Å². The number of benzene rings is 2. The number of nitrogens with zero attached hydrogens (tertiary/aromatic N) is 3. The monoisotopic (exact) mass is 858 g/mol. The quantitative estimate of drug-likeness (QED) is 0.0747. The van der Waals surface area contributed by atoms with Crippen LogP contribution in [0.2, 0.25) is 0 Å². The van der Waals surface area contributed by atoms with Gasteiger partial charge >= 0.3 is 5.97 Å². The molecule has 0 saturated carbocycles. The lowest BCUT2D eigenvalue weighted by molar-refractivity contribution is -0.437. The number of ether oxygens (including phenoxy) is 1. The Kier molecular flexibility index (Phi) is 12.4. The van der Waals surface area contributed by atoms with Crippen molar-refractivity contribution in [2.24, 2.45) is 0 Å². The third kappa shape index (κ3) is 8.28. The third-order valence-corrected chi connectivity index (χ3v) is 14.1. The van der Waals surface area contributed by atoms with Crippen molar-refractivity contribution in [3.63, 3.8) is 0 Å². The Morgan fingerprint density at radius 2 is 1.53 bits per heavy atom. The van der Waals surface area contributed by atoms with Gasteiger partial charge in [0, 0.05) is 70.7 Å². The third-order valence-electron chi connectivity index (χ3n) is 11.7. The molecule has 4 aliphatic heterocycles. The largest absolute Gasteiger partial charge is 0.492 e. The molecule has 2 unspecified atom stereocenters. The first-order chi connectivity index (χ1) is 26.7. The molecule has 2 aromatic rings. The molecule has 2 atom stereocenters. The molecule has 2 bridgehead atoms. The van der Waals surface area contributed by atoms with Crippen LogP contribution in [0.1, 0.15) is 70.9 Å². The summed E-state index contributed by atoms with van der Waals surface area (Å²) in [7, 11) is -6.78. The van der Waals surface area contributed by atoms with Crippen LogP contribution in [0.4, 0.5) is 11.4 Å². The fraction of sp³-hybridized carbons (Fsp3) is 0.463. The first kappa shape index (κ1) is 43.2. The Bertz CT molecular complexity index is 2340. The van der Waals surface area contributed by atoms with E-state index in [9.17, 15) is 35.8 Å². The number of anilines is 1. The highest BCUT2D eigenvalue weighted by atomic mass is 32.2. The second-order valence-electron chi connectivity index (χ2n) is 16.0. The maximum atomic E-state index is 12.2. The lowest BCUT2D eigenvalue weighted by Gasteiger charge is -2.36. The number of hydrogen-bond donors (Lipinski definition) is 5. The molecule has 4 heterocycles. The van der Waals surface area contributed by atoms with Gasteiger partial charge in [0.05, 0.1) is 28.2 Å². The van der Waals surface area contributed by atoms with Gasteiger partial charge in [-0.15, -0.1) is 0 Å². The van der Waals surface area contributed by atoms with Gasteiger partial charge in [0.15, 0.2) is 5.71 Å². The average Bonchev–Trinajstić information content (AvgIpc) is 3.63. The Morgan fingerprint density at radius 1 is 0.895 bits per heavy atom. The summed E-state index contributed by atoms with van der Waals surface area (Å²) in [6.45, 7) is 9.31. The van der Waals surface area contributed by atoms with Crippen molar-refractivity contribution in [1.29, 1.82) is 0 Å². The molecular weight excluding hydrogens is 807 g/mol. The summed E-state index contributed by atoms with van der Waals surface area (Å²) in [5.74, 6) is 0.929. The van der Waals surface area contributed by atoms with E-state index in [1.54, 1.807) is 12.1 Å². The minimum Gasteiger partial charge on any atom is -0.492 e. The summed E-state index contributed by atoms with van der Waals surface area (Å²) >= 11 is 8.92. The summed E-state index contributed by atoms with van der Waals surface area (Å²) < 4.78 is 77.0. The second kappa shape index (κ2) is 16.3. The number of rotatable bonds is 15. The van der Waals surface area contributed by atoms with Crippen molar-refractivity contribution in [1.82, 2.24) is 4.90 Å². The summed E-state index contributed by atoms with van der Waals surface area (Å²) in [6.07, 6.45) is 11.2. The molecule has 0 aliphatic carbocycles. The van der Waals surface area contributed by atoms with Crippen LogP contribution in [0.5, 0.6) is 0 Å². The van der Waals surface area contributed by atoms with E-state index >= 15 is 0 Å². The molecule has 3 N–H and O–H groups in total. The summed E-state index contributed by atoms with van der Waals surface area (Å²) in [5, 5.41) is 9.58. The van der Waals surface area contributed by atoms with Gasteiger partial charge in [0.25, 0.3) is 20.2 Å². The number of allylic oxidation sites excluding steroid dienone is 4. The van der Waals surface area contributed by atoms with Gasteiger partial charge in [0.2, 0.25) is 5.69 Å². The van der Waals surface area contributed by atoms with Gasteiger partial charge in [0.1, 0.15) is 12.3 Å². The van der Waals surface area contributed by atoms with E-state index in [1.807, 2.05) is 52.0 Å². The van der Waals surface area contributed by atoms with Crippen LogP contribution in [0.25, 0.3) is 0 Å². The maximum Gasteiger partial charge on any atom is 0.306 e. The van der Waals surface area contributed by atoms with Crippen LogP contribution in [0.15, 0.2) is 93.1 Å². The van der Waals surface area contributed by atoms with Crippen molar-refractivity contribution < 1.29 is 45.2 Å². The normalized spacial score (nSPS) is 23.0. The first-order valence-electron chi connectivity index (χ1n) is 19.0. The number of thiol groups is 2. The number of carboxylic acid groups (broad SMARTS) is 1. The molecule has 0 radical (unpaired) electrons. The van der Waals surface area contributed by atoms with Crippen LogP contribution >= 0.6 is 25.3 Å². The number of aliphatic carboxylic acids is 1. The van der Waals surface area contributed by atoms with E-state index in [2.05, 4.69) is 46.7 Å². The topological polar surface area (TPSA) is 165 Å². The van der Waals surface area contributed by atoms with E-state index in [4.69, 9.17) is 4.74 Å². The van der Waals surface area contributed by atoms with Gasteiger partial charge in [-0.3, -0.25) is 18.8 Å². The van der Waals surface area contributed by atoms with Crippen LogP contribution in [0.3, 0.4) is 0 Å². The fourth-order valence-electron chi connectivity index (χ4n) is 8.85. The molecule has 57 heavy (non-hydrogen) atoms. The van der Waals surface area contributed by atoms with Crippen LogP contribution < -0.4 is 4.90 Å². The molecule has 4 aliphatic rings. The number of carbonyl (C=O) groups is 1. The van der Waals surface area contributed by atoms with E-state index in [1.165, 1.54) is 24.3 Å². The Balaban J connectivity index is 1.50. The summed E-state index contributed by atoms with van der Waals surface area (Å²) in [5.41, 5.74) is 5.58. The zero-order chi connectivity index (χ0) is 41.7. The molecule has 12 nitrogen and oxygen atoms in total. The van der Waals surface area contributed by atoms with Crippen molar-refractivity contribution >= 4 is 68.5 Å². The van der Waals surface area contributed by atoms with Crippen LogP contribution in [0, 0.1) is 0 Å². The zero-order valence-corrected chi connectivity index (χ0v) is 36.3. The molecule has 0 spiro atoms. The van der Waals surface area contributed by atoms with Gasteiger partial charge in [-0.2, -0.15) is 46.7 Å². The van der Waals surface area contributed by atoms with Gasteiger partial charge < -0.3 is 14.7 Å². The van der Waals surface area contributed by atoms with Gasteiger partial charge in [-0.25, -0.2) is 0 Å². The minimum absolute atomic E-state index is 0.0155. The second-order valence-corrected chi connectivity index (χ2v) is 19.7. The summed E-state index contributed by atoms with van der Waals surface area (Å²) in [4.78, 5) is 15.8. The Hall–Kier alpha value is -3.38. The van der Waals surface area contributed by atoms with Crippen molar-refractivity contribution in [2.75, 3.05) is 43.1 Å². The van der Waals surface area contributed by atoms with Crippen molar-refractivity contribution in [3.8, 4) is 0 Å². The van der Waals surface area contributed by atoms with Crippen molar-refractivity contribution in [2.45, 2.75) is 92.5 Å². The minimum atomic E-state index is -4.43. The highest BCUT2D eigenvalue weighted by molar-refractivity contribution is 7.86.